The Morgan fingerprint density at radius 3 is 2.87 bits per heavy atom. The Kier molecular flexibility index (Phi) is 2.39. The van der Waals surface area contributed by atoms with Gasteiger partial charge < -0.3 is 10.3 Å². The molecule has 0 saturated heterocycles. The van der Waals surface area contributed by atoms with Crippen molar-refractivity contribution in [3.05, 3.63) is 34.5 Å². The Morgan fingerprint density at radius 2 is 2.27 bits per heavy atom. The van der Waals surface area contributed by atoms with Crippen LogP contribution >= 0.6 is 11.6 Å². The van der Waals surface area contributed by atoms with Crippen LogP contribution in [0.3, 0.4) is 0 Å². The second kappa shape index (κ2) is 3.58. The van der Waals surface area contributed by atoms with Gasteiger partial charge >= 0.3 is 0 Å². The van der Waals surface area contributed by atoms with Crippen LogP contribution in [0.1, 0.15) is 11.3 Å². The van der Waals surface area contributed by atoms with Crippen LogP contribution in [0.5, 0.6) is 0 Å². The number of aryl methyl sites for hydroxylation is 1. The van der Waals surface area contributed by atoms with E-state index >= 15 is 0 Å². The number of rotatable bonds is 1. The van der Waals surface area contributed by atoms with Crippen LogP contribution < -0.4 is 5.73 Å². The predicted molar refractivity (Wildman–Crippen MR) is 60.5 cm³/mol. The van der Waals surface area contributed by atoms with Crippen LogP contribution in [0.2, 0.25) is 5.02 Å². The number of benzene rings is 1. The molecule has 0 amide bonds. The Bertz CT molecular complexity index is 563. The van der Waals surface area contributed by atoms with Gasteiger partial charge in [0, 0.05) is 35.1 Å². The molecule has 0 atom stereocenters. The van der Waals surface area contributed by atoms with E-state index in [-0.39, 0.29) is 0 Å². The number of aromatic nitrogens is 1. The van der Waals surface area contributed by atoms with Gasteiger partial charge in [0.25, 0.3) is 0 Å². The fourth-order valence-corrected chi connectivity index (χ4v) is 2.01. The van der Waals surface area contributed by atoms with E-state index in [0.29, 0.717) is 17.3 Å². The van der Waals surface area contributed by atoms with E-state index in [1.165, 1.54) is 0 Å². The van der Waals surface area contributed by atoms with Crippen LogP contribution in [0.15, 0.2) is 18.2 Å². The molecule has 0 bridgehead atoms. The third-order valence-electron chi connectivity index (χ3n) is 2.58. The van der Waals surface area contributed by atoms with Crippen molar-refractivity contribution in [2.75, 3.05) is 0 Å². The van der Waals surface area contributed by atoms with E-state index in [0.717, 1.165) is 16.5 Å². The SMILES string of the molecule is Cn1c(C#N)c(CN)c2cc(Cl)ccc21. The van der Waals surface area contributed by atoms with Crippen LogP contribution in [-0.4, -0.2) is 4.57 Å². The number of halogens is 1. The molecular formula is C11H10ClN3. The molecule has 0 spiro atoms. The average molecular weight is 220 g/mol. The van der Waals surface area contributed by atoms with Crippen molar-refractivity contribution in [2.24, 2.45) is 12.8 Å². The molecular weight excluding hydrogens is 210 g/mol. The maximum Gasteiger partial charge on any atom is 0.125 e. The number of nitrogens with two attached hydrogens (primary N) is 1. The van der Waals surface area contributed by atoms with Gasteiger partial charge in [-0.1, -0.05) is 11.6 Å². The molecule has 76 valence electrons. The summed E-state index contributed by atoms with van der Waals surface area (Å²) >= 11 is 5.92. The molecule has 2 aromatic rings. The second-order valence-electron chi connectivity index (χ2n) is 3.36. The standard InChI is InChI=1S/C11H10ClN3/c1-15-10-3-2-7(12)4-8(10)9(5-13)11(15)6-14/h2-4H,5,13H2,1H3. The first-order chi connectivity index (χ1) is 7.19. The summed E-state index contributed by atoms with van der Waals surface area (Å²) in [6.45, 7) is 0.348. The molecule has 1 aromatic heterocycles. The van der Waals surface area contributed by atoms with Gasteiger partial charge in [0.05, 0.1) is 0 Å². The smallest absolute Gasteiger partial charge is 0.125 e. The Labute approximate surface area is 92.7 Å². The molecule has 0 aliphatic carbocycles. The summed E-state index contributed by atoms with van der Waals surface area (Å²) in [6.07, 6.45) is 0. The highest BCUT2D eigenvalue weighted by Crippen LogP contribution is 2.27. The number of hydrogen-bond acceptors (Lipinski definition) is 2. The lowest BCUT2D eigenvalue weighted by molar-refractivity contribution is 0.925. The normalized spacial score (nSPS) is 10.5. The van der Waals surface area contributed by atoms with E-state index in [2.05, 4.69) is 6.07 Å². The van der Waals surface area contributed by atoms with Gasteiger partial charge in [-0.3, -0.25) is 0 Å². The molecule has 0 saturated carbocycles. The van der Waals surface area contributed by atoms with Crippen molar-refractivity contribution in [3.63, 3.8) is 0 Å². The van der Waals surface area contributed by atoms with E-state index in [9.17, 15) is 0 Å². The Balaban J connectivity index is 2.93. The molecule has 2 N–H and O–H groups in total. The zero-order chi connectivity index (χ0) is 11.0. The van der Waals surface area contributed by atoms with Crippen molar-refractivity contribution in [1.29, 1.82) is 5.26 Å². The maximum absolute atomic E-state index is 9.04. The van der Waals surface area contributed by atoms with Crippen LogP contribution in [0, 0.1) is 11.3 Å². The monoisotopic (exact) mass is 219 g/mol. The summed E-state index contributed by atoms with van der Waals surface area (Å²) in [7, 11) is 1.86. The minimum absolute atomic E-state index is 0.348. The van der Waals surface area contributed by atoms with Crippen LogP contribution in [-0.2, 0) is 13.6 Å². The zero-order valence-corrected chi connectivity index (χ0v) is 9.04. The molecule has 1 heterocycles. The van der Waals surface area contributed by atoms with Crippen LogP contribution in [0.25, 0.3) is 10.9 Å². The third kappa shape index (κ3) is 1.39. The van der Waals surface area contributed by atoms with Gasteiger partial charge in [-0.05, 0) is 18.2 Å². The fourth-order valence-electron chi connectivity index (χ4n) is 1.84. The lowest BCUT2D eigenvalue weighted by atomic mass is 10.1. The number of nitriles is 1. The van der Waals surface area contributed by atoms with Crippen molar-refractivity contribution in [3.8, 4) is 6.07 Å². The Hall–Kier alpha value is -1.50. The van der Waals surface area contributed by atoms with Gasteiger partial charge in [0.15, 0.2) is 0 Å². The van der Waals surface area contributed by atoms with E-state index in [4.69, 9.17) is 22.6 Å². The highest BCUT2D eigenvalue weighted by atomic mass is 35.5. The van der Waals surface area contributed by atoms with Crippen molar-refractivity contribution in [1.82, 2.24) is 4.57 Å². The lowest BCUT2D eigenvalue weighted by Crippen LogP contribution is -1.99. The average Bonchev–Trinajstić information content (AvgIpc) is 2.50. The summed E-state index contributed by atoms with van der Waals surface area (Å²) in [6, 6.07) is 7.72. The van der Waals surface area contributed by atoms with Gasteiger partial charge in [0.1, 0.15) is 11.8 Å². The molecule has 15 heavy (non-hydrogen) atoms. The molecule has 0 radical (unpaired) electrons. The number of fused-ring (bicyclic) bond motifs is 1. The molecule has 0 unspecified atom stereocenters. The van der Waals surface area contributed by atoms with Crippen molar-refractivity contribution >= 4 is 22.5 Å². The summed E-state index contributed by atoms with van der Waals surface area (Å²) in [5, 5.41) is 10.7. The summed E-state index contributed by atoms with van der Waals surface area (Å²) in [5.74, 6) is 0. The molecule has 0 aliphatic heterocycles. The summed E-state index contributed by atoms with van der Waals surface area (Å²) in [4.78, 5) is 0. The highest BCUT2D eigenvalue weighted by Gasteiger charge is 2.13. The molecule has 3 nitrogen and oxygen atoms in total. The first-order valence-corrected chi connectivity index (χ1v) is 4.93. The molecule has 2 rings (SSSR count). The van der Waals surface area contributed by atoms with E-state index in [1.54, 1.807) is 0 Å². The molecule has 0 fully saturated rings. The lowest BCUT2D eigenvalue weighted by Gasteiger charge is -1.96. The van der Waals surface area contributed by atoms with Gasteiger partial charge in [0.2, 0.25) is 0 Å². The first kappa shape index (κ1) is 10.0. The Morgan fingerprint density at radius 1 is 1.53 bits per heavy atom. The second-order valence-corrected chi connectivity index (χ2v) is 3.80. The fraction of sp³-hybridized carbons (Fsp3) is 0.182. The predicted octanol–water partition coefficient (Wildman–Crippen LogP) is 2.16. The van der Waals surface area contributed by atoms with Crippen LogP contribution in [0.4, 0.5) is 0 Å². The maximum atomic E-state index is 9.04. The quantitative estimate of drug-likeness (QED) is 0.799. The number of hydrogen-bond donors (Lipinski definition) is 1. The van der Waals surface area contributed by atoms with Gasteiger partial charge in [-0.2, -0.15) is 5.26 Å². The third-order valence-corrected chi connectivity index (χ3v) is 2.81. The molecule has 1 aromatic carbocycles. The highest BCUT2D eigenvalue weighted by molar-refractivity contribution is 6.31. The largest absolute Gasteiger partial charge is 0.335 e. The van der Waals surface area contributed by atoms with E-state index in [1.807, 2.05) is 29.8 Å². The minimum Gasteiger partial charge on any atom is -0.335 e. The van der Waals surface area contributed by atoms with E-state index < -0.39 is 0 Å². The number of nitrogens with zero attached hydrogens (tertiary/aromatic N) is 2. The minimum atomic E-state index is 0.348. The molecule has 4 heteroatoms. The van der Waals surface area contributed by atoms with Crippen molar-refractivity contribution < 1.29 is 0 Å². The summed E-state index contributed by atoms with van der Waals surface area (Å²) < 4.78 is 1.84. The topological polar surface area (TPSA) is 54.7 Å². The van der Waals surface area contributed by atoms with Gasteiger partial charge in [-0.15, -0.1) is 0 Å². The summed E-state index contributed by atoms with van der Waals surface area (Å²) in [5.41, 5.74) is 8.10. The van der Waals surface area contributed by atoms with Crippen molar-refractivity contribution in [2.45, 2.75) is 6.54 Å². The first-order valence-electron chi connectivity index (χ1n) is 4.56. The van der Waals surface area contributed by atoms with Gasteiger partial charge in [-0.25, -0.2) is 0 Å². The zero-order valence-electron chi connectivity index (χ0n) is 8.29. The molecule has 0 aliphatic rings.